The number of benzene rings is 1. The van der Waals surface area contributed by atoms with Crippen molar-refractivity contribution in [3.8, 4) is 5.75 Å². The van der Waals surface area contributed by atoms with Crippen molar-refractivity contribution in [2.45, 2.75) is 38.6 Å². The molecule has 2 aliphatic rings. The molecule has 22 heavy (non-hydrogen) atoms. The van der Waals surface area contributed by atoms with Gasteiger partial charge in [0, 0.05) is 6.54 Å². The fourth-order valence-corrected chi connectivity index (χ4v) is 4.02. The Kier molecular flexibility index (Phi) is 4.39. The maximum Gasteiger partial charge on any atom is 0.228 e. The molecule has 120 valence electrons. The van der Waals surface area contributed by atoms with Gasteiger partial charge in [0.15, 0.2) is 0 Å². The number of amides is 1. The van der Waals surface area contributed by atoms with Gasteiger partial charge in [-0.25, -0.2) is 0 Å². The highest BCUT2D eigenvalue weighted by Crippen LogP contribution is 2.44. The Bertz CT molecular complexity index is 546. The third-order valence-electron chi connectivity index (χ3n) is 5.43. The zero-order valence-electron chi connectivity index (χ0n) is 13.5. The van der Waals surface area contributed by atoms with Crippen molar-refractivity contribution in [2.75, 3.05) is 20.2 Å². The Balaban J connectivity index is 1.72. The van der Waals surface area contributed by atoms with E-state index >= 15 is 0 Å². The summed E-state index contributed by atoms with van der Waals surface area (Å²) in [6.45, 7) is 3.86. The van der Waals surface area contributed by atoms with Gasteiger partial charge in [0.2, 0.25) is 5.91 Å². The first-order chi connectivity index (χ1) is 10.7. The van der Waals surface area contributed by atoms with Gasteiger partial charge in [0.25, 0.3) is 0 Å². The lowest BCUT2D eigenvalue weighted by molar-refractivity contribution is -0.134. The van der Waals surface area contributed by atoms with E-state index in [1.54, 1.807) is 7.11 Å². The molecule has 0 aromatic heterocycles. The minimum Gasteiger partial charge on any atom is -0.497 e. The molecule has 1 amide bonds. The average Bonchev–Trinajstić information content (AvgIpc) is 3.00. The van der Waals surface area contributed by atoms with Crippen LogP contribution >= 0.6 is 0 Å². The van der Waals surface area contributed by atoms with Gasteiger partial charge in [-0.1, -0.05) is 25.0 Å². The van der Waals surface area contributed by atoms with Crippen molar-refractivity contribution in [3.63, 3.8) is 0 Å². The average molecular weight is 302 g/mol. The first-order valence-electron chi connectivity index (χ1n) is 8.31. The molecule has 0 bridgehead atoms. The highest BCUT2D eigenvalue weighted by atomic mass is 16.5. The van der Waals surface area contributed by atoms with Gasteiger partial charge in [-0.05, 0) is 49.9 Å². The van der Waals surface area contributed by atoms with E-state index in [-0.39, 0.29) is 17.4 Å². The second-order valence-electron chi connectivity index (χ2n) is 6.70. The van der Waals surface area contributed by atoms with Crippen LogP contribution < -0.4 is 15.4 Å². The Labute approximate surface area is 132 Å². The van der Waals surface area contributed by atoms with Crippen LogP contribution in [0.2, 0.25) is 0 Å². The highest BCUT2D eigenvalue weighted by Gasteiger charge is 2.49. The molecule has 4 nitrogen and oxygen atoms in total. The summed E-state index contributed by atoms with van der Waals surface area (Å²) in [4.78, 5) is 13.0. The molecule has 0 radical (unpaired) electrons. The molecule has 1 saturated heterocycles. The molecule has 1 aromatic rings. The van der Waals surface area contributed by atoms with Crippen molar-refractivity contribution in [3.05, 3.63) is 29.8 Å². The van der Waals surface area contributed by atoms with E-state index in [4.69, 9.17) is 4.74 Å². The first-order valence-corrected chi connectivity index (χ1v) is 8.31. The summed E-state index contributed by atoms with van der Waals surface area (Å²) >= 11 is 0. The lowest BCUT2D eigenvalue weighted by Crippen LogP contribution is -2.48. The van der Waals surface area contributed by atoms with E-state index in [0.717, 1.165) is 30.8 Å². The number of fused-ring (bicyclic) bond motifs is 1. The van der Waals surface area contributed by atoms with Crippen LogP contribution in [-0.2, 0) is 4.79 Å². The van der Waals surface area contributed by atoms with Gasteiger partial charge < -0.3 is 15.4 Å². The standard InChI is InChI=1S/C18H26N2O2/c1-13(14-6-5-8-16(10-14)22-2)20-17(21)18-9-4-3-7-15(18)11-19-12-18/h5-6,8,10,13,15,19H,3-4,7,9,11-12H2,1-2H3,(H,20,21)/t13?,15-,18+/m0/s1. The number of hydrogen-bond acceptors (Lipinski definition) is 3. The van der Waals surface area contributed by atoms with Gasteiger partial charge in [0.05, 0.1) is 18.6 Å². The minimum atomic E-state index is -0.189. The fraction of sp³-hybridized carbons (Fsp3) is 0.611. The summed E-state index contributed by atoms with van der Waals surface area (Å²) in [5.41, 5.74) is 0.896. The summed E-state index contributed by atoms with van der Waals surface area (Å²) in [7, 11) is 1.66. The summed E-state index contributed by atoms with van der Waals surface area (Å²) < 4.78 is 5.27. The number of nitrogens with one attached hydrogen (secondary N) is 2. The normalized spacial score (nSPS) is 28.7. The van der Waals surface area contributed by atoms with Gasteiger partial charge in [-0.15, -0.1) is 0 Å². The summed E-state index contributed by atoms with van der Waals surface area (Å²) in [5, 5.41) is 6.68. The molecule has 1 aliphatic heterocycles. The maximum atomic E-state index is 13.0. The molecule has 1 aliphatic carbocycles. The Morgan fingerprint density at radius 1 is 1.45 bits per heavy atom. The second-order valence-corrected chi connectivity index (χ2v) is 6.70. The summed E-state index contributed by atoms with van der Waals surface area (Å²) in [6.07, 6.45) is 4.61. The quantitative estimate of drug-likeness (QED) is 0.899. The van der Waals surface area contributed by atoms with Crippen LogP contribution in [0.15, 0.2) is 24.3 Å². The van der Waals surface area contributed by atoms with Crippen LogP contribution in [0, 0.1) is 11.3 Å². The third-order valence-corrected chi connectivity index (χ3v) is 5.43. The molecule has 1 heterocycles. The van der Waals surface area contributed by atoms with E-state index < -0.39 is 0 Å². The molecular weight excluding hydrogens is 276 g/mol. The van der Waals surface area contributed by atoms with Crippen LogP contribution in [0.3, 0.4) is 0 Å². The molecule has 4 heteroatoms. The van der Waals surface area contributed by atoms with Crippen molar-refractivity contribution < 1.29 is 9.53 Å². The predicted molar refractivity (Wildman–Crippen MR) is 86.8 cm³/mol. The largest absolute Gasteiger partial charge is 0.497 e. The van der Waals surface area contributed by atoms with E-state index in [9.17, 15) is 4.79 Å². The second kappa shape index (κ2) is 6.29. The van der Waals surface area contributed by atoms with E-state index in [0.29, 0.717) is 5.92 Å². The summed E-state index contributed by atoms with van der Waals surface area (Å²) in [5.74, 6) is 1.55. The molecular formula is C18H26N2O2. The van der Waals surface area contributed by atoms with Crippen molar-refractivity contribution >= 4 is 5.91 Å². The van der Waals surface area contributed by atoms with Crippen LogP contribution in [-0.4, -0.2) is 26.1 Å². The summed E-state index contributed by atoms with van der Waals surface area (Å²) in [6, 6.07) is 7.93. The van der Waals surface area contributed by atoms with Crippen molar-refractivity contribution in [2.24, 2.45) is 11.3 Å². The van der Waals surface area contributed by atoms with Gasteiger partial charge in [0.1, 0.15) is 5.75 Å². The smallest absolute Gasteiger partial charge is 0.228 e. The molecule has 1 aromatic carbocycles. The van der Waals surface area contributed by atoms with Gasteiger partial charge in [-0.2, -0.15) is 0 Å². The Morgan fingerprint density at radius 2 is 2.32 bits per heavy atom. The number of hydrogen-bond donors (Lipinski definition) is 2. The van der Waals surface area contributed by atoms with E-state index in [1.165, 1.54) is 19.3 Å². The monoisotopic (exact) mass is 302 g/mol. The van der Waals surface area contributed by atoms with Crippen LogP contribution in [0.5, 0.6) is 5.75 Å². The van der Waals surface area contributed by atoms with Gasteiger partial charge >= 0.3 is 0 Å². The zero-order valence-corrected chi connectivity index (χ0v) is 13.5. The van der Waals surface area contributed by atoms with Gasteiger partial charge in [-0.3, -0.25) is 4.79 Å². The third kappa shape index (κ3) is 2.72. The van der Waals surface area contributed by atoms with Crippen LogP contribution in [0.25, 0.3) is 0 Å². The zero-order chi connectivity index (χ0) is 15.6. The lowest BCUT2D eigenvalue weighted by atomic mass is 9.67. The molecule has 2 N–H and O–H groups in total. The van der Waals surface area contributed by atoms with E-state index in [1.807, 2.05) is 31.2 Å². The molecule has 2 fully saturated rings. The Morgan fingerprint density at radius 3 is 3.14 bits per heavy atom. The molecule has 0 spiro atoms. The maximum absolute atomic E-state index is 13.0. The minimum absolute atomic E-state index is 0.000140. The van der Waals surface area contributed by atoms with Crippen LogP contribution in [0.1, 0.15) is 44.2 Å². The highest BCUT2D eigenvalue weighted by molar-refractivity contribution is 5.84. The SMILES string of the molecule is COc1cccc(C(C)NC(=O)[C@@]23CCCC[C@H]2CNC3)c1. The lowest BCUT2D eigenvalue weighted by Gasteiger charge is -2.38. The first kappa shape index (κ1) is 15.3. The number of carbonyl (C=O) groups excluding carboxylic acids is 1. The number of rotatable bonds is 4. The Hall–Kier alpha value is -1.55. The van der Waals surface area contributed by atoms with Crippen molar-refractivity contribution in [1.82, 2.24) is 10.6 Å². The number of carbonyl (C=O) groups is 1. The molecule has 1 unspecified atom stereocenters. The molecule has 1 saturated carbocycles. The number of ether oxygens (including phenoxy) is 1. The fourth-order valence-electron chi connectivity index (χ4n) is 4.02. The van der Waals surface area contributed by atoms with Crippen molar-refractivity contribution in [1.29, 1.82) is 0 Å². The predicted octanol–water partition coefficient (Wildman–Crippen LogP) is 2.65. The van der Waals surface area contributed by atoms with E-state index in [2.05, 4.69) is 10.6 Å². The molecule has 3 rings (SSSR count). The molecule has 3 atom stereocenters. The number of methoxy groups -OCH3 is 1. The topological polar surface area (TPSA) is 50.4 Å². The van der Waals surface area contributed by atoms with Crippen LogP contribution in [0.4, 0.5) is 0 Å².